The number of carboxylic acid groups (broad SMARTS) is 1. The van der Waals surface area contributed by atoms with E-state index in [1.807, 2.05) is 97.9 Å². The maximum atomic E-state index is 13.8. The first-order valence-corrected chi connectivity index (χ1v) is 20.1. The van der Waals surface area contributed by atoms with E-state index in [0.717, 1.165) is 48.8 Å². The summed E-state index contributed by atoms with van der Waals surface area (Å²) in [5, 5.41) is 16.7. The molecule has 0 heterocycles. The van der Waals surface area contributed by atoms with Gasteiger partial charge in [0.05, 0.1) is 38.8 Å². The minimum absolute atomic E-state index is 0.0463. The number of carboxylic acids is 1. The Morgan fingerprint density at radius 3 is 1.58 bits per heavy atom. The monoisotopic (exact) mass is 811 g/mol. The van der Waals surface area contributed by atoms with Gasteiger partial charge < -0.3 is 41.5 Å². The van der Waals surface area contributed by atoms with Crippen LogP contribution in [-0.4, -0.2) is 120 Å². The average Bonchev–Trinajstić information content (AvgIpc) is 3.26. The minimum Gasteiger partial charge on any atom is -0.480 e. The van der Waals surface area contributed by atoms with E-state index in [1.165, 1.54) is 14.7 Å². The molecule has 4 rings (SSSR count). The minimum atomic E-state index is -1.24. The van der Waals surface area contributed by atoms with Crippen LogP contribution in [0.15, 0.2) is 91.0 Å². The second-order valence-electron chi connectivity index (χ2n) is 14.8. The van der Waals surface area contributed by atoms with Gasteiger partial charge in [-0.3, -0.25) is 33.6 Å². The van der Waals surface area contributed by atoms with Crippen molar-refractivity contribution in [2.75, 3.05) is 52.4 Å². The molecule has 1 aliphatic carbocycles. The molecule has 59 heavy (non-hydrogen) atoms. The van der Waals surface area contributed by atoms with Crippen LogP contribution in [0.3, 0.4) is 0 Å². The number of carbonyl (C=O) groups is 7. The summed E-state index contributed by atoms with van der Waals surface area (Å²) in [6, 6.07) is 27.2. The van der Waals surface area contributed by atoms with Crippen LogP contribution in [0.1, 0.15) is 74.6 Å². The normalized spacial score (nSPS) is 13.7. The molecule has 3 aromatic rings. The van der Waals surface area contributed by atoms with Gasteiger partial charge in [-0.2, -0.15) is 0 Å². The first kappa shape index (κ1) is 45.6. The van der Waals surface area contributed by atoms with Crippen LogP contribution < -0.4 is 21.7 Å². The third-order valence-electron chi connectivity index (χ3n) is 10.8. The lowest BCUT2D eigenvalue weighted by molar-refractivity contribution is -0.141. The summed E-state index contributed by atoms with van der Waals surface area (Å²) in [5.41, 5.74) is 8.24. The zero-order valence-corrected chi connectivity index (χ0v) is 33.9. The molecule has 1 aliphatic rings. The standard InChI is InChI=1S/C44H57N7O8/c1-31(33-15-7-3-8-16-33)50(41(55)23-45)29-39(53)47-25-43(57)51(32(2)34-17-9-4-10-18-34)30-40(54)46-24-42(56)49(28-38(52)48-26-44(58)59)27-37(35-19-11-5-12-20-35)36-21-13-6-14-22-36/h3,5-8,11-16,19-22,31-32,34,37H,4,9-10,17-18,23-30,45H2,1-2H3,(H,46,54)(H,47,53)(H,48,52)(H,58,59). The van der Waals surface area contributed by atoms with Gasteiger partial charge in [0.15, 0.2) is 0 Å². The molecule has 6 N–H and O–H groups in total. The maximum absolute atomic E-state index is 13.8. The number of carbonyl (C=O) groups excluding carboxylic acids is 6. The predicted octanol–water partition coefficient (Wildman–Crippen LogP) is 2.43. The van der Waals surface area contributed by atoms with Gasteiger partial charge >= 0.3 is 5.97 Å². The average molecular weight is 812 g/mol. The number of rotatable bonds is 21. The Balaban J connectivity index is 1.46. The Bertz CT molecular complexity index is 1820. The number of nitrogens with one attached hydrogen (secondary N) is 3. The summed E-state index contributed by atoms with van der Waals surface area (Å²) >= 11 is 0. The summed E-state index contributed by atoms with van der Waals surface area (Å²) < 4.78 is 0. The molecule has 0 aliphatic heterocycles. The maximum Gasteiger partial charge on any atom is 0.322 e. The molecule has 2 atom stereocenters. The molecule has 0 saturated heterocycles. The number of nitrogens with two attached hydrogens (primary N) is 1. The second kappa shape index (κ2) is 23.3. The van der Waals surface area contributed by atoms with Gasteiger partial charge in [0.2, 0.25) is 35.4 Å². The van der Waals surface area contributed by atoms with Gasteiger partial charge in [0.1, 0.15) is 13.1 Å². The molecule has 1 saturated carbocycles. The molecule has 0 bridgehead atoms. The lowest BCUT2D eigenvalue weighted by Crippen LogP contribution is -2.53. The molecule has 0 spiro atoms. The van der Waals surface area contributed by atoms with Crippen molar-refractivity contribution in [2.24, 2.45) is 11.7 Å². The Hall–Kier alpha value is -6.09. The summed E-state index contributed by atoms with van der Waals surface area (Å²) in [6.07, 6.45) is 4.79. The third kappa shape index (κ3) is 14.4. The van der Waals surface area contributed by atoms with Gasteiger partial charge in [-0.1, -0.05) is 110 Å². The van der Waals surface area contributed by atoms with E-state index < -0.39 is 80.2 Å². The molecule has 6 amide bonds. The van der Waals surface area contributed by atoms with E-state index in [2.05, 4.69) is 16.0 Å². The van der Waals surface area contributed by atoms with E-state index in [9.17, 15) is 33.6 Å². The summed E-state index contributed by atoms with van der Waals surface area (Å²) in [4.78, 5) is 95.3. The highest BCUT2D eigenvalue weighted by atomic mass is 16.4. The topological polar surface area (TPSA) is 212 Å². The molecule has 3 aromatic carbocycles. The Kier molecular flexibility index (Phi) is 18.0. The van der Waals surface area contributed by atoms with Gasteiger partial charge in [-0.25, -0.2) is 0 Å². The Labute approximate surface area is 345 Å². The van der Waals surface area contributed by atoms with Crippen LogP contribution in [0.5, 0.6) is 0 Å². The van der Waals surface area contributed by atoms with Crippen LogP contribution in [0.4, 0.5) is 0 Å². The van der Waals surface area contributed by atoms with Crippen molar-refractivity contribution in [1.29, 1.82) is 0 Å². The number of benzene rings is 3. The van der Waals surface area contributed by atoms with Crippen molar-refractivity contribution >= 4 is 41.4 Å². The van der Waals surface area contributed by atoms with Crippen molar-refractivity contribution in [3.8, 4) is 0 Å². The van der Waals surface area contributed by atoms with Crippen LogP contribution >= 0.6 is 0 Å². The number of nitrogens with zero attached hydrogens (tertiary/aromatic N) is 3. The molecule has 15 nitrogen and oxygen atoms in total. The largest absolute Gasteiger partial charge is 0.480 e. The first-order chi connectivity index (χ1) is 28.4. The summed E-state index contributed by atoms with van der Waals surface area (Å²) in [7, 11) is 0. The molecule has 15 heteroatoms. The quantitative estimate of drug-likeness (QED) is 0.107. The number of amides is 6. The van der Waals surface area contributed by atoms with Crippen molar-refractivity contribution in [3.05, 3.63) is 108 Å². The summed E-state index contributed by atoms with van der Waals surface area (Å²) in [5.74, 6) is -4.87. The van der Waals surface area contributed by atoms with Crippen molar-refractivity contribution in [1.82, 2.24) is 30.7 Å². The highest BCUT2D eigenvalue weighted by Crippen LogP contribution is 2.29. The predicted molar refractivity (Wildman–Crippen MR) is 221 cm³/mol. The van der Waals surface area contributed by atoms with E-state index in [1.54, 1.807) is 6.92 Å². The molecule has 316 valence electrons. The van der Waals surface area contributed by atoms with Crippen LogP contribution in [0.25, 0.3) is 0 Å². The molecule has 0 radical (unpaired) electrons. The Morgan fingerprint density at radius 1 is 0.610 bits per heavy atom. The van der Waals surface area contributed by atoms with Crippen molar-refractivity contribution in [2.45, 2.75) is 64.0 Å². The van der Waals surface area contributed by atoms with Crippen molar-refractivity contribution < 1.29 is 38.7 Å². The highest BCUT2D eigenvalue weighted by molar-refractivity contribution is 5.92. The first-order valence-electron chi connectivity index (χ1n) is 20.1. The molecule has 0 aromatic heterocycles. The van der Waals surface area contributed by atoms with Gasteiger partial charge in [-0.15, -0.1) is 0 Å². The molecular formula is C44H57N7O8. The van der Waals surface area contributed by atoms with Crippen LogP contribution in [0.2, 0.25) is 0 Å². The SMILES string of the molecule is CC(c1ccccc1)N(CC(=O)NCC(=O)N(CC(=O)NCC(=O)N(CC(=O)NCC(=O)O)CC(c1ccccc1)c1ccccc1)C(C)C1CCCCC1)C(=O)CN. The fraction of sp³-hybridized carbons (Fsp3) is 0.432. The van der Waals surface area contributed by atoms with Gasteiger partial charge in [0, 0.05) is 18.5 Å². The van der Waals surface area contributed by atoms with E-state index in [0.29, 0.717) is 0 Å². The Morgan fingerprint density at radius 2 is 1.07 bits per heavy atom. The fourth-order valence-electron chi connectivity index (χ4n) is 7.44. The van der Waals surface area contributed by atoms with Gasteiger partial charge in [0.25, 0.3) is 0 Å². The van der Waals surface area contributed by atoms with Gasteiger partial charge in [-0.05, 0) is 49.3 Å². The number of hydrogen-bond acceptors (Lipinski definition) is 8. The highest BCUT2D eigenvalue weighted by Gasteiger charge is 2.31. The zero-order valence-electron chi connectivity index (χ0n) is 33.9. The smallest absolute Gasteiger partial charge is 0.322 e. The molecule has 2 unspecified atom stereocenters. The van der Waals surface area contributed by atoms with E-state index in [4.69, 9.17) is 10.8 Å². The number of aliphatic carboxylic acids is 1. The van der Waals surface area contributed by atoms with E-state index in [-0.39, 0.29) is 37.5 Å². The molecule has 1 fully saturated rings. The van der Waals surface area contributed by atoms with Crippen molar-refractivity contribution in [3.63, 3.8) is 0 Å². The van der Waals surface area contributed by atoms with Crippen LogP contribution in [-0.2, 0) is 33.6 Å². The zero-order chi connectivity index (χ0) is 42.7. The lowest BCUT2D eigenvalue weighted by Gasteiger charge is -2.36. The van der Waals surface area contributed by atoms with E-state index >= 15 is 0 Å². The number of hydrogen-bond donors (Lipinski definition) is 5. The summed E-state index contributed by atoms with van der Waals surface area (Å²) in [6.45, 7) is 0.680. The van der Waals surface area contributed by atoms with Crippen LogP contribution in [0, 0.1) is 5.92 Å². The second-order valence-corrected chi connectivity index (χ2v) is 14.8. The third-order valence-corrected chi connectivity index (χ3v) is 10.8. The lowest BCUT2D eigenvalue weighted by atomic mass is 9.84. The fourth-order valence-corrected chi connectivity index (χ4v) is 7.44. The molecular weight excluding hydrogens is 755 g/mol.